The van der Waals surface area contributed by atoms with E-state index in [1.165, 1.54) is 12.8 Å². The van der Waals surface area contributed by atoms with Gasteiger partial charge in [0.15, 0.2) is 0 Å². The van der Waals surface area contributed by atoms with E-state index in [9.17, 15) is 4.79 Å². The van der Waals surface area contributed by atoms with Crippen LogP contribution in [0, 0.1) is 0 Å². The molecule has 0 spiro atoms. The van der Waals surface area contributed by atoms with Crippen LogP contribution in [0.3, 0.4) is 0 Å². The van der Waals surface area contributed by atoms with Crippen LogP contribution >= 0.6 is 0 Å². The summed E-state index contributed by atoms with van der Waals surface area (Å²) in [6.45, 7) is 3.99. The minimum absolute atomic E-state index is 0.0993. The molecule has 1 amide bonds. The van der Waals surface area contributed by atoms with Crippen LogP contribution in [0.1, 0.15) is 51.1 Å². The standard InChI is InChI=1S/C17H26N2O2/c1-12(14-8-10-16(21-3)11-9-14)18-13(2)17(20)19-15-6-4-5-7-15/h8-13,15,18H,4-7H2,1-3H3,(H,19,20)/t12-,13?/m1/s1. The average molecular weight is 290 g/mol. The van der Waals surface area contributed by atoms with Gasteiger partial charge in [0.1, 0.15) is 5.75 Å². The Balaban J connectivity index is 1.84. The molecule has 1 unspecified atom stereocenters. The molecule has 2 rings (SSSR count). The molecule has 0 bridgehead atoms. The Kier molecular flexibility index (Phi) is 5.62. The van der Waals surface area contributed by atoms with Crippen LogP contribution in [0.25, 0.3) is 0 Å². The summed E-state index contributed by atoms with van der Waals surface area (Å²) in [6, 6.07) is 8.24. The van der Waals surface area contributed by atoms with E-state index in [-0.39, 0.29) is 18.0 Å². The number of hydrogen-bond donors (Lipinski definition) is 2. The molecule has 1 saturated carbocycles. The van der Waals surface area contributed by atoms with Gasteiger partial charge in [-0.3, -0.25) is 10.1 Å². The molecule has 4 heteroatoms. The first-order chi connectivity index (χ1) is 10.1. The maximum Gasteiger partial charge on any atom is 0.237 e. The van der Waals surface area contributed by atoms with Crippen LogP contribution in [0.5, 0.6) is 5.75 Å². The summed E-state index contributed by atoms with van der Waals surface area (Å²) in [5.41, 5.74) is 1.15. The van der Waals surface area contributed by atoms with E-state index in [0.29, 0.717) is 6.04 Å². The highest BCUT2D eigenvalue weighted by atomic mass is 16.5. The van der Waals surface area contributed by atoms with Gasteiger partial charge in [-0.2, -0.15) is 0 Å². The molecule has 1 aliphatic carbocycles. The van der Waals surface area contributed by atoms with Crippen molar-refractivity contribution < 1.29 is 9.53 Å². The van der Waals surface area contributed by atoms with Crippen LogP contribution < -0.4 is 15.4 Å². The molecule has 21 heavy (non-hydrogen) atoms. The fraction of sp³-hybridized carbons (Fsp3) is 0.588. The number of nitrogens with one attached hydrogen (secondary N) is 2. The van der Waals surface area contributed by atoms with Gasteiger partial charge in [0.05, 0.1) is 13.2 Å². The summed E-state index contributed by atoms with van der Waals surface area (Å²) in [6.07, 6.45) is 4.70. The van der Waals surface area contributed by atoms with Crippen molar-refractivity contribution in [1.29, 1.82) is 0 Å². The lowest BCUT2D eigenvalue weighted by Crippen LogP contribution is -2.46. The minimum atomic E-state index is -0.192. The molecule has 1 fully saturated rings. The molecule has 1 aromatic rings. The lowest BCUT2D eigenvalue weighted by molar-refractivity contribution is -0.123. The zero-order chi connectivity index (χ0) is 15.2. The zero-order valence-corrected chi connectivity index (χ0v) is 13.2. The summed E-state index contributed by atoms with van der Waals surface area (Å²) >= 11 is 0. The van der Waals surface area contributed by atoms with E-state index in [1.807, 2.05) is 31.2 Å². The second kappa shape index (κ2) is 7.46. The quantitative estimate of drug-likeness (QED) is 0.847. The predicted octanol–water partition coefficient (Wildman–Crippen LogP) is 2.79. The normalized spacial score (nSPS) is 18.2. The SMILES string of the molecule is COc1ccc([C@@H](C)NC(C)C(=O)NC2CCCC2)cc1. The van der Waals surface area contributed by atoms with Crippen molar-refractivity contribution in [3.63, 3.8) is 0 Å². The van der Waals surface area contributed by atoms with Crippen molar-refractivity contribution in [1.82, 2.24) is 10.6 Å². The van der Waals surface area contributed by atoms with E-state index < -0.39 is 0 Å². The van der Waals surface area contributed by atoms with Crippen LogP contribution in [0.15, 0.2) is 24.3 Å². The van der Waals surface area contributed by atoms with Crippen molar-refractivity contribution in [2.75, 3.05) is 7.11 Å². The Labute approximate surface area is 127 Å². The van der Waals surface area contributed by atoms with E-state index in [1.54, 1.807) is 7.11 Å². The molecular formula is C17H26N2O2. The van der Waals surface area contributed by atoms with Crippen molar-refractivity contribution in [2.45, 2.75) is 57.7 Å². The van der Waals surface area contributed by atoms with Crippen LogP contribution in [-0.4, -0.2) is 25.1 Å². The van der Waals surface area contributed by atoms with Crippen LogP contribution in [-0.2, 0) is 4.79 Å². The third-order valence-corrected chi connectivity index (χ3v) is 4.21. The molecule has 2 atom stereocenters. The Bertz CT molecular complexity index is 452. The van der Waals surface area contributed by atoms with Gasteiger partial charge in [-0.25, -0.2) is 0 Å². The van der Waals surface area contributed by atoms with Gasteiger partial charge in [0.25, 0.3) is 0 Å². The third kappa shape index (κ3) is 4.46. The number of carbonyl (C=O) groups excluding carboxylic acids is 1. The molecule has 0 radical (unpaired) electrons. The molecule has 0 heterocycles. The van der Waals surface area contributed by atoms with Gasteiger partial charge < -0.3 is 10.1 Å². The Morgan fingerprint density at radius 2 is 1.81 bits per heavy atom. The molecule has 0 saturated heterocycles. The maximum atomic E-state index is 12.2. The molecule has 116 valence electrons. The maximum absolute atomic E-state index is 12.2. The van der Waals surface area contributed by atoms with Gasteiger partial charge in [-0.1, -0.05) is 25.0 Å². The largest absolute Gasteiger partial charge is 0.497 e. The Hall–Kier alpha value is -1.55. The minimum Gasteiger partial charge on any atom is -0.497 e. The van der Waals surface area contributed by atoms with E-state index >= 15 is 0 Å². The molecule has 1 aliphatic rings. The predicted molar refractivity (Wildman–Crippen MR) is 84.4 cm³/mol. The zero-order valence-electron chi connectivity index (χ0n) is 13.2. The van der Waals surface area contributed by atoms with Gasteiger partial charge in [0.2, 0.25) is 5.91 Å². The summed E-state index contributed by atoms with van der Waals surface area (Å²) in [5.74, 6) is 0.945. The summed E-state index contributed by atoms with van der Waals surface area (Å²) in [4.78, 5) is 12.2. The second-order valence-electron chi connectivity index (χ2n) is 5.87. The lowest BCUT2D eigenvalue weighted by Gasteiger charge is -2.22. The number of rotatable bonds is 6. The first-order valence-electron chi connectivity index (χ1n) is 7.80. The smallest absolute Gasteiger partial charge is 0.237 e. The first kappa shape index (κ1) is 15.8. The third-order valence-electron chi connectivity index (χ3n) is 4.21. The van der Waals surface area contributed by atoms with Crippen molar-refractivity contribution >= 4 is 5.91 Å². The second-order valence-corrected chi connectivity index (χ2v) is 5.87. The van der Waals surface area contributed by atoms with Crippen LogP contribution in [0.2, 0.25) is 0 Å². The lowest BCUT2D eigenvalue weighted by atomic mass is 10.1. The van der Waals surface area contributed by atoms with Gasteiger partial charge >= 0.3 is 0 Å². The van der Waals surface area contributed by atoms with Crippen molar-refractivity contribution in [2.24, 2.45) is 0 Å². The van der Waals surface area contributed by atoms with E-state index in [0.717, 1.165) is 24.2 Å². The number of carbonyl (C=O) groups is 1. The molecular weight excluding hydrogens is 264 g/mol. The molecule has 4 nitrogen and oxygen atoms in total. The summed E-state index contributed by atoms with van der Waals surface area (Å²) in [7, 11) is 1.66. The number of ether oxygens (including phenoxy) is 1. The van der Waals surface area contributed by atoms with E-state index in [4.69, 9.17) is 4.74 Å². The number of amides is 1. The summed E-state index contributed by atoms with van der Waals surface area (Å²) < 4.78 is 5.16. The van der Waals surface area contributed by atoms with Crippen molar-refractivity contribution in [3.8, 4) is 5.75 Å². The number of benzene rings is 1. The molecule has 0 aromatic heterocycles. The van der Waals surface area contributed by atoms with Gasteiger partial charge in [-0.05, 0) is 44.4 Å². The molecule has 0 aliphatic heterocycles. The van der Waals surface area contributed by atoms with Crippen molar-refractivity contribution in [3.05, 3.63) is 29.8 Å². The fourth-order valence-corrected chi connectivity index (χ4v) is 2.84. The number of methoxy groups -OCH3 is 1. The molecule has 2 N–H and O–H groups in total. The summed E-state index contributed by atoms with van der Waals surface area (Å²) in [5, 5.41) is 6.49. The van der Waals surface area contributed by atoms with E-state index in [2.05, 4.69) is 17.6 Å². The Morgan fingerprint density at radius 1 is 1.19 bits per heavy atom. The average Bonchev–Trinajstić information content (AvgIpc) is 3.00. The highest BCUT2D eigenvalue weighted by Gasteiger charge is 2.21. The van der Waals surface area contributed by atoms with Gasteiger partial charge in [-0.15, -0.1) is 0 Å². The van der Waals surface area contributed by atoms with Crippen LogP contribution in [0.4, 0.5) is 0 Å². The Morgan fingerprint density at radius 3 is 2.38 bits per heavy atom. The monoisotopic (exact) mass is 290 g/mol. The highest BCUT2D eigenvalue weighted by molar-refractivity contribution is 5.81. The fourth-order valence-electron chi connectivity index (χ4n) is 2.84. The molecule has 1 aromatic carbocycles. The topological polar surface area (TPSA) is 50.4 Å². The first-order valence-corrected chi connectivity index (χ1v) is 7.80. The van der Waals surface area contributed by atoms with Gasteiger partial charge in [0, 0.05) is 12.1 Å². The number of hydrogen-bond acceptors (Lipinski definition) is 3. The highest BCUT2D eigenvalue weighted by Crippen LogP contribution is 2.19.